The monoisotopic (exact) mass is 331 g/mol. The Morgan fingerprint density at radius 3 is 2.74 bits per heavy atom. The quantitative estimate of drug-likeness (QED) is 0.618. The van der Waals surface area contributed by atoms with Crippen molar-refractivity contribution in [2.24, 2.45) is 5.92 Å². The van der Waals surface area contributed by atoms with Crippen LogP contribution in [0.4, 0.5) is 11.4 Å². The van der Waals surface area contributed by atoms with Gasteiger partial charge in [0, 0.05) is 12.7 Å². The molecule has 0 aliphatic carbocycles. The van der Waals surface area contributed by atoms with Crippen molar-refractivity contribution in [1.29, 1.82) is 0 Å². The third-order valence-corrected chi connectivity index (χ3v) is 3.17. The zero-order valence-electron chi connectivity index (χ0n) is 11.2. The van der Waals surface area contributed by atoms with Gasteiger partial charge in [0.25, 0.3) is 0 Å². The molecule has 0 amide bonds. The van der Waals surface area contributed by atoms with Crippen LogP contribution in [0.3, 0.4) is 0 Å². The lowest BCUT2D eigenvalue weighted by molar-refractivity contribution is -0.384. The van der Waals surface area contributed by atoms with Gasteiger partial charge in [0.15, 0.2) is 0 Å². The Balaban J connectivity index is 2.86. The number of aromatic nitrogens is 1. The molecule has 0 radical (unpaired) electrons. The molecule has 19 heavy (non-hydrogen) atoms. The summed E-state index contributed by atoms with van der Waals surface area (Å²) in [5.41, 5.74) is -0.705. The van der Waals surface area contributed by atoms with Gasteiger partial charge in [-0.1, -0.05) is 13.8 Å². The van der Waals surface area contributed by atoms with Crippen molar-refractivity contribution in [3.63, 3.8) is 0 Å². The van der Waals surface area contributed by atoms with E-state index in [2.05, 4.69) is 26.2 Å². The van der Waals surface area contributed by atoms with Crippen molar-refractivity contribution in [1.82, 2.24) is 4.98 Å². The van der Waals surface area contributed by atoms with Crippen LogP contribution < -0.4 is 5.32 Å². The molecule has 1 aromatic rings. The zero-order chi connectivity index (χ0) is 14.6. The summed E-state index contributed by atoms with van der Waals surface area (Å²) >= 11 is 3.22. The Kier molecular flexibility index (Phi) is 5.25. The number of aliphatic hydroxyl groups is 1. The summed E-state index contributed by atoms with van der Waals surface area (Å²) in [6, 6.07) is 0. The lowest BCUT2D eigenvalue weighted by atomic mass is 9.94. The van der Waals surface area contributed by atoms with Gasteiger partial charge in [-0.15, -0.1) is 0 Å². The van der Waals surface area contributed by atoms with Crippen LogP contribution in [-0.4, -0.2) is 27.2 Å². The maximum Gasteiger partial charge on any atom is 0.311 e. The first-order chi connectivity index (χ1) is 8.73. The molecule has 0 aliphatic rings. The molecule has 106 valence electrons. The molecule has 0 aromatic carbocycles. The summed E-state index contributed by atoms with van der Waals surface area (Å²) in [5.74, 6) is 0.340. The first kappa shape index (κ1) is 15.8. The van der Waals surface area contributed by atoms with Crippen LogP contribution in [0.2, 0.25) is 0 Å². The van der Waals surface area contributed by atoms with E-state index in [1.807, 2.05) is 13.8 Å². The van der Waals surface area contributed by atoms with Crippen molar-refractivity contribution in [2.75, 3.05) is 11.9 Å². The van der Waals surface area contributed by atoms with E-state index >= 15 is 0 Å². The lowest BCUT2D eigenvalue weighted by Gasteiger charge is -2.26. The summed E-state index contributed by atoms with van der Waals surface area (Å²) in [5, 5.41) is 24.1. The summed E-state index contributed by atoms with van der Waals surface area (Å²) < 4.78 is 0.502. The van der Waals surface area contributed by atoms with Gasteiger partial charge < -0.3 is 10.4 Å². The molecule has 0 aliphatic heterocycles. The average molecular weight is 332 g/mol. The summed E-state index contributed by atoms with van der Waals surface area (Å²) in [4.78, 5) is 14.2. The minimum atomic E-state index is -0.926. The number of nitro groups is 1. The molecule has 1 unspecified atom stereocenters. The average Bonchev–Trinajstić information content (AvgIpc) is 2.25. The Morgan fingerprint density at radius 2 is 2.21 bits per heavy atom. The summed E-state index contributed by atoms with van der Waals surface area (Å²) in [7, 11) is 0. The van der Waals surface area contributed by atoms with Gasteiger partial charge in [0.05, 0.1) is 15.0 Å². The van der Waals surface area contributed by atoms with Crippen LogP contribution >= 0.6 is 15.9 Å². The second-order valence-corrected chi connectivity index (χ2v) is 6.08. The lowest BCUT2D eigenvalue weighted by Crippen LogP contribution is -2.35. The number of halogens is 1. The number of anilines is 1. The van der Waals surface area contributed by atoms with Gasteiger partial charge >= 0.3 is 5.69 Å². The van der Waals surface area contributed by atoms with E-state index in [0.29, 0.717) is 22.5 Å². The Bertz CT molecular complexity index is 464. The number of nitrogens with zero attached hydrogens (tertiary/aromatic N) is 2. The smallest absolute Gasteiger partial charge is 0.311 e. The van der Waals surface area contributed by atoms with E-state index in [-0.39, 0.29) is 12.2 Å². The highest BCUT2D eigenvalue weighted by atomic mass is 79.9. The van der Waals surface area contributed by atoms with E-state index in [9.17, 15) is 15.2 Å². The van der Waals surface area contributed by atoms with Crippen LogP contribution in [-0.2, 0) is 0 Å². The standard InChI is InChI=1S/C12H18BrN3O3/c1-8(2)4-12(3,17)7-15-11-9(13)5-14-6-10(11)16(18)19/h5-6,8,17H,4,7H2,1-3H3,(H,14,15). The molecule has 0 saturated carbocycles. The van der Waals surface area contributed by atoms with Crippen molar-refractivity contribution in [3.05, 3.63) is 27.0 Å². The van der Waals surface area contributed by atoms with Gasteiger partial charge in [-0.2, -0.15) is 0 Å². The minimum Gasteiger partial charge on any atom is -0.388 e. The maximum atomic E-state index is 10.9. The zero-order valence-corrected chi connectivity index (χ0v) is 12.8. The molecule has 0 saturated heterocycles. The van der Waals surface area contributed by atoms with Crippen molar-refractivity contribution in [3.8, 4) is 0 Å². The van der Waals surface area contributed by atoms with E-state index in [0.717, 1.165) is 0 Å². The molecule has 1 rings (SSSR count). The predicted molar refractivity (Wildman–Crippen MR) is 77.2 cm³/mol. The van der Waals surface area contributed by atoms with Crippen molar-refractivity contribution in [2.45, 2.75) is 32.8 Å². The molecular weight excluding hydrogens is 314 g/mol. The van der Waals surface area contributed by atoms with Gasteiger partial charge in [0.2, 0.25) is 0 Å². The second kappa shape index (κ2) is 6.29. The molecule has 2 N–H and O–H groups in total. The number of hydrogen-bond donors (Lipinski definition) is 2. The van der Waals surface area contributed by atoms with Gasteiger partial charge in [-0.25, -0.2) is 0 Å². The molecule has 0 spiro atoms. The molecule has 6 nitrogen and oxygen atoms in total. The molecule has 7 heteroatoms. The minimum absolute atomic E-state index is 0.116. The fourth-order valence-corrected chi connectivity index (χ4v) is 2.43. The first-order valence-electron chi connectivity index (χ1n) is 5.97. The Morgan fingerprint density at radius 1 is 1.58 bits per heavy atom. The van der Waals surface area contributed by atoms with Gasteiger partial charge in [0.1, 0.15) is 11.9 Å². The Hall–Kier alpha value is -1.21. The number of hydrogen-bond acceptors (Lipinski definition) is 5. The summed E-state index contributed by atoms with van der Waals surface area (Å²) in [6.45, 7) is 5.97. The largest absolute Gasteiger partial charge is 0.388 e. The fourth-order valence-electron chi connectivity index (χ4n) is 1.97. The molecule has 1 heterocycles. The first-order valence-corrected chi connectivity index (χ1v) is 6.76. The number of rotatable bonds is 6. The normalized spacial score (nSPS) is 14.2. The van der Waals surface area contributed by atoms with E-state index < -0.39 is 10.5 Å². The van der Waals surface area contributed by atoms with Crippen LogP contribution in [0.1, 0.15) is 27.2 Å². The van der Waals surface area contributed by atoms with Gasteiger partial charge in [-0.05, 0) is 35.2 Å². The fraction of sp³-hybridized carbons (Fsp3) is 0.583. The number of nitrogens with one attached hydrogen (secondary N) is 1. The van der Waals surface area contributed by atoms with E-state index in [1.165, 1.54) is 12.4 Å². The maximum absolute atomic E-state index is 10.9. The van der Waals surface area contributed by atoms with Crippen LogP contribution in [0.25, 0.3) is 0 Å². The van der Waals surface area contributed by atoms with Crippen LogP contribution in [0.15, 0.2) is 16.9 Å². The molecule has 1 aromatic heterocycles. The van der Waals surface area contributed by atoms with Crippen LogP contribution in [0, 0.1) is 16.0 Å². The topological polar surface area (TPSA) is 88.3 Å². The van der Waals surface area contributed by atoms with Crippen molar-refractivity contribution < 1.29 is 10.0 Å². The van der Waals surface area contributed by atoms with E-state index in [1.54, 1.807) is 6.92 Å². The molecular formula is C12H18BrN3O3. The van der Waals surface area contributed by atoms with Crippen LogP contribution in [0.5, 0.6) is 0 Å². The van der Waals surface area contributed by atoms with E-state index in [4.69, 9.17) is 0 Å². The van der Waals surface area contributed by atoms with Gasteiger partial charge in [-0.3, -0.25) is 15.1 Å². The second-order valence-electron chi connectivity index (χ2n) is 5.22. The molecule has 0 bridgehead atoms. The third-order valence-electron chi connectivity index (χ3n) is 2.57. The Labute approximate surface area is 120 Å². The highest BCUT2D eigenvalue weighted by Crippen LogP contribution is 2.31. The SMILES string of the molecule is CC(C)CC(C)(O)CNc1c(Br)cncc1[N+](=O)[O-]. The predicted octanol–water partition coefficient (Wildman–Crippen LogP) is 2.96. The highest BCUT2D eigenvalue weighted by molar-refractivity contribution is 9.10. The third kappa shape index (κ3) is 4.76. The van der Waals surface area contributed by atoms with Crippen molar-refractivity contribution >= 4 is 27.3 Å². The molecule has 1 atom stereocenters. The summed E-state index contributed by atoms with van der Waals surface area (Å²) in [6.07, 6.45) is 3.27. The highest BCUT2D eigenvalue weighted by Gasteiger charge is 2.24. The number of pyridine rings is 1. The molecule has 0 fully saturated rings.